The van der Waals surface area contributed by atoms with Gasteiger partial charge >= 0.3 is 0 Å². The zero-order valence-electron chi connectivity index (χ0n) is 8.67. The number of benzene rings is 1. The second kappa shape index (κ2) is 4.80. The first-order valence-corrected chi connectivity index (χ1v) is 5.43. The van der Waals surface area contributed by atoms with Crippen molar-refractivity contribution in [3.8, 4) is 11.5 Å². The standard InChI is InChI=1S/C10H11N3O2S/c1-15-8-3-2-7(9(14)4-8)5-11-10-12-6-13-16-10/h2-4,6,14H,5H2,1H3,(H,11,12,13). The molecule has 0 amide bonds. The van der Waals surface area contributed by atoms with Crippen LogP contribution in [0.1, 0.15) is 5.56 Å². The number of rotatable bonds is 4. The van der Waals surface area contributed by atoms with E-state index in [0.717, 1.165) is 10.7 Å². The SMILES string of the molecule is COc1ccc(CNc2ncns2)c(O)c1. The highest BCUT2D eigenvalue weighted by molar-refractivity contribution is 7.09. The van der Waals surface area contributed by atoms with Crippen LogP contribution in [-0.4, -0.2) is 21.6 Å². The molecule has 0 aliphatic carbocycles. The number of aromatic nitrogens is 2. The molecule has 16 heavy (non-hydrogen) atoms. The predicted octanol–water partition coefficient (Wildman–Crippen LogP) is 1.86. The van der Waals surface area contributed by atoms with E-state index in [9.17, 15) is 5.11 Å². The molecule has 0 aliphatic heterocycles. The summed E-state index contributed by atoms with van der Waals surface area (Å²) in [6, 6.07) is 5.19. The maximum absolute atomic E-state index is 9.70. The summed E-state index contributed by atoms with van der Waals surface area (Å²) in [7, 11) is 1.56. The van der Waals surface area contributed by atoms with Gasteiger partial charge in [0.1, 0.15) is 17.8 Å². The molecule has 0 unspecified atom stereocenters. The Morgan fingerprint density at radius 1 is 1.50 bits per heavy atom. The molecule has 0 saturated carbocycles. The van der Waals surface area contributed by atoms with E-state index < -0.39 is 0 Å². The van der Waals surface area contributed by atoms with Gasteiger partial charge in [0.2, 0.25) is 5.13 Å². The van der Waals surface area contributed by atoms with Crippen LogP contribution in [0, 0.1) is 0 Å². The highest BCUT2D eigenvalue weighted by Gasteiger charge is 2.03. The molecule has 2 N–H and O–H groups in total. The number of anilines is 1. The molecule has 0 radical (unpaired) electrons. The molecule has 0 spiro atoms. The Morgan fingerprint density at radius 3 is 3.00 bits per heavy atom. The van der Waals surface area contributed by atoms with Gasteiger partial charge in [-0.1, -0.05) is 0 Å². The maximum atomic E-state index is 9.70. The maximum Gasteiger partial charge on any atom is 0.202 e. The molecule has 1 aromatic carbocycles. The number of aromatic hydroxyl groups is 1. The monoisotopic (exact) mass is 237 g/mol. The average Bonchev–Trinajstić information content (AvgIpc) is 2.80. The van der Waals surface area contributed by atoms with Gasteiger partial charge in [0.25, 0.3) is 0 Å². The van der Waals surface area contributed by atoms with Crippen molar-refractivity contribution in [2.45, 2.75) is 6.54 Å². The molecule has 1 heterocycles. The van der Waals surface area contributed by atoms with Gasteiger partial charge in [-0.2, -0.15) is 4.37 Å². The molecule has 84 valence electrons. The minimum absolute atomic E-state index is 0.205. The van der Waals surface area contributed by atoms with Crippen molar-refractivity contribution in [1.29, 1.82) is 0 Å². The molecule has 0 saturated heterocycles. The summed E-state index contributed by atoms with van der Waals surface area (Å²) in [6.07, 6.45) is 1.49. The van der Waals surface area contributed by atoms with Crippen molar-refractivity contribution < 1.29 is 9.84 Å². The fourth-order valence-electron chi connectivity index (χ4n) is 1.24. The number of hydrogen-bond donors (Lipinski definition) is 2. The lowest BCUT2D eigenvalue weighted by atomic mass is 10.2. The molecule has 0 bridgehead atoms. The van der Waals surface area contributed by atoms with Crippen LogP contribution in [0.25, 0.3) is 0 Å². The summed E-state index contributed by atoms with van der Waals surface area (Å²) in [5.41, 5.74) is 0.788. The molecule has 1 aromatic heterocycles. The largest absolute Gasteiger partial charge is 0.507 e. The van der Waals surface area contributed by atoms with Crippen molar-refractivity contribution >= 4 is 16.7 Å². The Hall–Kier alpha value is -1.82. The predicted molar refractivity (Wildman–Crippen MR) is 61.9 cm³/mol. The molecule has 5 nitrogen and oxygen atoms in total. The number of ether oxygens (including phenoxy) is 1. The van der Waals surface area contributed by atoms with Crippen molar-refractivity contribution in [2.24, 2.45) is 0 Å². The highest BCUT2D eigenvalue weighted by atomic mass is 32.1. The fraction of sp³-hybridized carbons (Fsp3) is 0.200. The number of phenolic OH excluding ortho intramolecular Hbond substituents is 1. The zero-order valence-corrected chi connectivity index (χ0v) is 9.49. The number of phenols is 1. The van der Waals surface area contributed by atoms with Crippen LogP contribution in [0.5, 0.6) is 11.5 Å². The Balaban J connectivity index is 2.04. The van der Waals surface area contributed by atoms with Crippen LogP contribution in [-0.2, 0) is 6.54 Å². The minimum atomic E-state index is 0.205. The Bertz CT molecular complexity index is 459. The molecule has 6 heteroatoms. The highest BCUT2D eigenvalue weighted by Crippen LogP contribution is 2.24. The first kappa shape index (κ1) is 10.7. The molecule has 0 atom stereocenters. The van der Waals surface area contributed by atoms with E-state index in [-0.39, 0.29) is 5.75 Å². The number of hydrogen-bond acceptors (Lipinski definition) is 6. The summed E-state index contributed by atoms with van der Waals surface area (Å²) in [4.78, 5) is 3.98. The second-order valence-electron chi connectivity index (χ2n) is 3.09. The van der Waals surface area contributed by atoms with E-state index in [1.165, 1.54) is 17.9 Å². The van der Waals surface area contributed by atoms with Gasteiger partial charge in [0.15, 0.2) is 0 Å². The van der Waals surface area contributed by atoms with Gasteiger partial charge in [0.05, 0.1) is 7.11 Å². The van der Waals surface area contributed by atoms with Crippen LogP contribution >= 0.6 is 11.5 Å². The third-order valence-corrected chi connectivity index (χ3v) is 2.71. The molecular weight excluding hydrogens is 226 g/mol. The van der Waals surface area contributed by atoms with E-state index in [4.69, 9.17) is 4.74 Å². The number of nitrogens with one attached hydrogen (secondary N) is 1. The summed E-state index contributed by atoms with van der Waals surface area (Å²) in [5, 5.41) is 13.5. The average molecular weight is 237 g/mol. The van der Waals surface area contributed by atoms with Crippen LogP contribution in [0.3, 0.4) is 0 Å². The Labute approximate surface area is 96.9 Å². The summed E-state index contributed by atoms with van der Waals surface area (Å²) in [5.74, 6) is 0.841. The van der Waals surface area contributed by atoms with Crippen LogP contribution in [0.15, 0.2) is 24.5 Å². The van der Waals surface area contributed by atoms with Gasteiger partial charge in [-0.15, -0.1) is 0 Å². The molecule has 2 aromatic rings. The lowest BCUT2D eigenvalue weighted by Crippen LogP contribution is -1.99. The molecule has 0 fully saturated rings. The van der Waals surface area contributed by atoms with E-state index in [1.54, 1.807) is 19.2 Å². The molecule has 2 rings (SSSR count). The van der Waals surface area contributed by atoms with Crippen molar-refractivity contribution in [3.63, 3.8) is 0 Å². The van der Waals surface area contributed by atoms with Crippen molar-refractivity contribution in [1.82, 2.24) is 9.36 Å². The number of nitrogens with zero attached hydrogens (tertiary/aromatic N) is 2. The Kier molecular flexibility index (Phi) is 3.21. The smallest absolute Gasteiger partial charge is 0.202 e. The molecule has 0 aliphatic rings. The lowest BCUT2D eigenvalue weighted by molar-refractivity contribution is 0.406. The summed E-state index contributed by atoms with van der Waals surface area (Å²) in [6.45, 7) is 0.505. The minimum Gasteiger partial charge on any atom is -0.507 e. The van der Waals surface area contributed by atoms with Gasteiger partial charge < -0.3 is 15.2 Å². The Morgan fingerprint density at radius 2 is 2.38 bits per heavy atom. The summed E-state index contributed by atoms with van der Waals surface area (Å²) >= 11 is 1.28. The van der Waals surface area contributed by atoms with Crippen molar-refractivity contribution in [2.75, 3.05) is 12.4 Å². The summed E-state index contributed by atoms with van der Waals surface area (Å²) < 4.78 is 8.87. The van der Waals surface area contributed by atoms with Gasteiger partial charge in [0, 0.05) is 29.7 Å². The van der Waals surface area contributed by atoms with Crippen molar-refractivity contribution in [3.05, 3.63) is 30.1 Å². The van der Waals surface area contributed by atoms with Crippen LogP contribution in [0.2, 0.25) is 0 Å². The lowest BCUT2D eigenvalue weighted by Gasteiger charge is -2.07. The third-order valence-electron chi connectivity index (χ3n) is 2.08. The first-order chi connectivity index (χ1) is 7.79. The first-order valence-electron chi connectivity index (χ1n) is 4.66. The van der Waals surface area contributed by atoms with E-state index >= 15 is 0 Å². The van der Waals surface area contributed by atoms with Gasteiger partial charge in [-0.05, 0) is 12.1 Å². The van der Waals surface area contributed by atoms with Crippen LogP contribution in [0.4, 0.5) is 5.13 Å². The van der Waals surface area contributed by atoms with Gasteiger partial charge in [-0.3, -0.25) is 0 Å². The zero-order chi connectivity index (χ0) is 11.4. The van der Waals surface area contributed by atoms with E-state index in [1.807, 2.05) is 6.07 Å². The quantitative estimate of drug-likeness (QED) is 0.849. The fourth-order valence-corrected chi connectivity index (χ4v) is 1.67. The van der Waals surface area contributed by atoms with E-state index in [0.29, 0.717) is 12.3 Å². The topological polar surface area (TPSA) is 67.3 Å². The van der Waals surface area contributed by atoms with E-state index in [2.05, 4.69) is 14.7 Å². The third kappa shape index (κ3) is 2.40. The van der Waals surface area contributed by atoms with Gasteiger partial charge in [-0.25, -0.2) is 4.98 Å². The van der Waals surface area contributed by atoms with Crippen LogP contribution < -0.4 is 10.1 Å². The molecular formula is C10H11N3O2S. The normalized spacial score (nSPS) is 10.1. The number of methoxy groups -OCH3 is 1. The second-order valence-corrected chi connectivity index (χ2v) is 3.87.